The zero-order chi connectivity index (χ0) is 22.3. The molecule has 0 aromatic heterocycles. The summed E-state index contributed by atoms with van der Waals surface area (Å²) in [5.41, 5.74) is 1.40. The number of thioether (sulfide) groups is 1. The number of carbonyl (C=O) groups is 3. The molecule has 31 heavy (non-hydrogen) atoms. The molecule has 1 spiro atoms. The van der Waals surface area contributed by atoms with Crippen LogP contribution in [-0.2, 0) is 14.4 Å². The first-order valence-electron chi connectivity index (χ1n) is 10.7. The van der Waals surface area contributed by atoms with E-state index in [1.807, 2.05) is 19.1 Å². The number of aliphatic hydroxyl groups excluding tert-OH is 1. The minimum absolute atomic E-state index is 0.0317. The van der Waals surface area contributed by atoms with E-state index in [9.17, 15) is 19.5 Å². The summed E-state index contributed by atoms with van der Waals surface area (Å²) in [6, 6.07) is 4.75. The number of rotatable bonds is 7. The number of nitrogens with zero attached hydrogens (tertiary/aromatic N) is 1. The Balaban J connectivity index is 1.70. The molecule has 2 unspecified atom stereocenters. The van der Waals surface area contributed by atoms with Crippen LogP contribution in [0.4, 0.5) is 5.69 Å². The third-order valence-electron chi connectivity index (χ3n) is 6.87. The van der Waals surface area contributed by atoms with Crippen molar-refractivity contribution in [2.75, 3.05) is 25.5 Å². The fraction of sp³-hybridized carbons (Fsp3) is 0.591. The molecule has 3 amide bonds. The van der Waals surface area contributed by atoms with Crippen molar-refractivity contribution in [2.24, 2.45) is 11.8 Å². The maximum atomic E-state index is 13.7. The Labute approximate surface area is 191 Å². The number of aliphatic hydroxyl groups is 1. The van der Waals surface area contributed by atoms with E-state index in [0.29, 0.717) is 30.1 Å². The second-order valence-electron chi connectivity index (χ2n) is 8.55. The maximum absolute atomic E-state index is 13.7. The van der Waals surface area contributed by atoms with Crippen molar-refractivity contribution in [1.82, 2.24) is 10.2 Å². The van der Waals surface area contributed by atoms with Gasteiger partial charge in [-0.2, -0.15) is 0 Å². The number of likely N-dealkylation sites (tertiary alicyclic amines) is 1. The second-order valence-corrected chi connectivity index (χ2v) is 10.6. The van der Waals surface area contributed by atoms with Gasteiger partial charge in [-0.3, -0.25) is 14.4 Å². The molecule has 0 aliphatic carbocycles. The number of para-hydroxylation sites is 1. The van der Waals surface area contributed by atoms with E-state index in [2.05, 4.69) is 10.6 Å². The zero-order valence-electron chi connectivity index (χ0n) is 17.7. The van der Waals surface area contributed by atoms with Crippen LogP contribution in [0.25, 0.3) is 0 Å². The first kappa shape index (κ1) is 22.4. The first-order valence-corrected chi connectivity index (χ1v) is 12.0. The van der Waals surface area contributed by atoms with Crippen molar-refractivity contribution in [3.8, 4) is 0 Å². The van der Waals surface area contributed by atoms with Crippen LogP contribution in [0, 0.1) is 18.8 Å². The van der Waals surface area contributed by atoms with Gasteiger partial charge in [0.15, 0.2) is 0 Å². The fourth-order valence-electron chi connectivity index (χ4n) is 5.54. The van der Waals surface area contributed by atoms with E-state index in [0.717, 1.165) is 18.4 Å². The highest BCUT2D eigenvalue weighted by Gasteiger charge is 2.73. The number of benzene rings is 1. The highest BCUT2D eigenvalue weighted by molar-refractivity contribution is 8.02. The van der Waals surface area contributed by atoms with Crippen molar-refractivity contribution in [2.45, 2.75) is 48.6 Å². The molecule has 2 bridgehead atoms. The molecular weight excluding hydrogens is 438 g/mol. The Morgan fingerprint density at radius 1 is 1.32 bits per heavy atom. The van der Waals surface area contributed by atoms with Crippen LogP contribution in [0.5, 0.6) is 0 Å². The van der Waals surface area contributed by atoms with Crippen molar-refractivity contribution in [1.29, 1.82) is 0 Å². The Morgan fingerprint density at radius 2 is 2.10 bits per heavy atom. The molecule has 3 N–H and O–H groups in total. The third kappa shape index (κ3) is 3.52. The van der Waals surface area contributed by atoms with Crippen molar-refractivity contribution >= 4 is 46.8 Å². The summed E-state index contributed by atoms with van der Waals surface area (Å²) in [6.07, 6.45) is 2.68. The standard InChI is InChI=1S/C22H28ClN3O4S/c1-12-6-5-7-13(23)17(12)25-20(29)18-22-9-8-14(31-22)15(19(28)24-2)16(22)21(30)26(18)10-3-4-11-27/h5-7,14-16,18,27H,3-4,8-11H2,1-2H3,(H,24,28)(H,25,29)/t14-,15+,16-,18?,22?/m0/s1. The van der Waals surface area contributed by atoms with Gasteiger partial charge in [-0.05, 0) is 44.2 Å². The minimum Gasteiger partial charge on any atom is -0.396 e. The molecule has 4 rings (SSSR count). The predicted molar refractivity (Wildman–Crippen MR) is 121 cm³/mol. The Hall–Kier alpha value is -1.77. The topological polar surface area (TPSA) is 98.7 Å². The SMILES string of the molecule is CNC(=O)[C@@H]1[C@@H]2CCC3(S2)C(C(=O)Nc2c(C)cccc2Cl)N(CCCCO)C(=O)[C@H]13. The average molecular weight is 466 g/mol. The van der Waals surface area contributed by atoms with Gasteiger partial charge in [-0.1, -0.05) is 23.7 Å². The molecule has 1 aromatic rings. The molecule has 1 aromatic carbocycles. The highest BCUT2D eigenvalue weighted by Crippen LogP contribution is 2.66. The number of halogens is 1. The third-order valence-corrected chi connectivity index (χ3v) is 9.14. The number of hydrogen-bond acceptors (Lipinski definition) is 5. The van der Waals surface area contributed by atoms with Crippen LogP contribution in [0.1, 0.15) is 31.2 Å². The van der Waals surface area contributed by atoms with Crippen molar-refractivity contribution in [3.63, 3.8) is 0 Å². The number of carbonyl (C=O) groups excluding carboxylic acids is 3. The monoisotopic (exact) mass is 465 g/mol. The summed E-state index contributed by atoms with van der Waals surface area (Å²) in [6.45, 7) is 2.28. The highest BCUT2D eigenvalue weighted by atomic mass is 35.5. The van der Waals surface area contributed by atoms with E-state index in [1.54, 1.807) is 29.8 Å². The first-order chi connectivity index (χ1) is 14.9. The van der Waals surface area contributed by atoms with Gasteiger partial charge in [0.05, 0.1) is 27.3 Å². The number of hydrogen-bond donors (Lipinski definition) is 3. The van der Waals surface area contributed by atoms with Gasteiger partial charge in [0, 0.05) is 25.4 Å². The molecule has 7 nitrogen and oxygen atoms in total. The van der Waals surface area contributed by atoms with E-state index in [-0.39, 0.29) is 29.6 Å². The number of aryl methyl sites for hydroxylation is 1. The Bertz CT molecular complexity index is 892. The molecule has 3 aliphatic rings. The van der Waals surface area contributed by atoms with Gasteiger partial charge in [0.2, 0.25) is 17.7 Å². The molecule has 3 fully saturated rings. The Kier molecular flexibility index (Phi) is 6.25. The quantitative estimate of drug-likeness (QED) is 0.536. The molecular formula is C22H28ClN3O4S. The number of anilines is 1. The van der Waals surface area contributed by atoms with E-state index in [1.165, 1.54) is 0 Å². The largest absolute Gasteiger partial charge is 0.396 e. The summed E-state index contributed by atoms with van der Waals surface area (Å²) in [4.78, 5) is 41.5. The van der Waals surface area contributed by atoms with Crippen molar-refractivity contribution < 1.29 is 19.5 Å². The normalized spacial score (nSPS) is 31.1. The summed E-state index contributed by atoms with van der Waals surface area (Å²) in [5, 5.41) is 15.4. The predicted octanol–water partition coefficient (Wildman–Crippen LogP) is 2.20. The Morgan fingerprint density at radius 3 is 2.77 bits per heavy atom. The van der Waals surface area contributed by atoms with Crippen LogP contribution in [0.15, 0.2) is 18.2 Å². The number of fused-ring (bicyclic) bond motifs is 1. The number of nitrogens with one attached hydrogen (secondary N) is 2. The molecule has 3 heterocycles. The van der Waals surface area contributed by atoms with Crippen LogP contribution >= 0.6 is 23.4 Å². The van der Waals surface area contributed by atoms with E-state index < -0.39 is 22.6 Å². The lowest BCUT2D eigenvalue weighted by atomic mass is 9.70. The lowest BCUT2D eigenvalue weighted by Gasteiger charge is -2.34. The molecule has 0 saturated carbocycles. The lowest BCUT2D eigenvalue weighted by molar-refractivity contribution is -0.139. The second kappa shape index (κ2) is 8.64. The molecule has 9 heteroatoms. The molecule has 168 valence electrons. The van der Waals surface area contributed by atoms with E-state index in [4.69, 9.17) is 11.6 Å². The lowest BCUT2D eigenvalue weighted by Crippen LogP contribution is -2.51. The molecule has 5 atom stereocenters. The van der Waals surface area contributed by atoms with Crippen LogP contribution in [-0.4, -0.2) is 64.0 Å². The molecule has 0 radical (unpaired) electrons. The summed E-state index contributed by atoms with van der Waals surface area (Å²) in [7, 11) is 1.59. The van der Waals surface area contributed by atoms with Gasteiger partial charge in [-0.25, -0.2) is 0 Å². The van der Waals surface area contributed by atoms with Gasteiger partial charge in [0.25, 0.3) is 0 Å². The van der Waals surface area contributed by atoms with Gasteiger partial charge >= 0.3 is 0 Å². The summed E-state index contributed by atoms with van der Waals surface area (Å²) >= 11 is 7.98. The van der Waals surface area contributed by atoms with Crippen LogP contribution in [0.3, 0.4) is 0 Å². The van der Waals surface area contributed by atoms with E-state index >= 15 is 0 Å². The van der Waals surface area contributed by atoms with Gasteiger partial charge in [0.1, 0.15) is 6.04 Å². The molecule has 3 saturated heterocycles. The molecule has 3 aliphatic heterocycles. The summed E-state index contributed by atoms with van der Waals surface area (Å²) < 4.78 is -0.614. The van der Waals surface area contributed by atoms with Gasteiger partial charge < -0.3 is 20.6 Å². The number of amides is 3. The average Bonchev–Trinajstić information content (AvgIpc) is 3.38. The smallest absolute Gasteiger partial charge is 0.248 e. The van der Waals surface area contributed by atoms with Crippen molar-refractivity contribution in [3.05, 3.63) is 28.8 Å². The van der Waals surface area contributed by atoms with Gasteiger partial charge in [-0.15, -0.1) is 11.8 Å². The van der Waals surface area contributed by atoms with Crippen LogP contribution in [0.2, 0.25) is 5.02 Å². The summed E-state index contributed by atoms with van der Waals surface area (Å²) in [5.74, 6) is -1.44. The van der Waals surface area contributed by atoms with Crippen LogP contribution < -0.4 is 10.6 Å². The maximum Gasteiger partial charge on any atom is 0.248 e. The fourth-order valence-corrected chi connectivity index (χ4v) is 8.03. The minimum atomic E-state index is -0.677. The number of unbranched alkanes of at least 4 members (excludes halogenated alkanes) is 1. The zero-order valence-corrected chi connectivity index (χ0v) is 19.3.